The number of amides is 1. The van der Waals surface area contributed by atoms with Crippen LogP contribution in [0.3, 0.4) is 0 Å². The summed E-state index contributed by atoms with van der Waals surface area (Å²) in [5.41, 5.74) is 3.82. The van der Waals surface area contributed by atoms with E-state index in [2.05, 4.69) is 25.2 Å². The first kappa shape index (κ1) is 19.9. The molecule has 1 aliphatic rings. The van der Waals surface area contributed by atoms with E-state index in [0.717, 1.165) is 28.4 Å². The first-order valence-electron chi connectivity index (χ1n) is 10.5. The molecule has 1 aliphatic heterocycles. The third-order valence-corrected chi connectivity index (χ3v) is 5.76. The van der Waals surface area contributed by atoms with Crippen molar-refractivity contribution in [3.8, 4) is 11.4 Å². The zero-order valence-corrected chi connectivity index (χ0v) is 18.0. The highest BCUT2D eigenvalue weighted by Crippen LogP contribution is 2.25. The molecule has 4 aromatic rings. The molecule has 9 nitrogen and oxygen atoms in total. The SMILES string of the molecule is COc1cccc(-n2nnc3c(N4CCN(C(=O)c5ccccc5C)CC4)ncnc32)c1. The molecule has 1 fully saturated rings. The highest BCUT2D eigenvalue weighted by Gasteiger charge is 2.26. The third kappa shape index (κ3) is 3.51. The average Bonchev–Trinajstić information content (AvgIpc) is 3.28. The maximum atomic E-state index is 12.9. The number of aromatic nitrogens is 5. The number of anilines is 1. The van der Waals surface area contributed by atoms with Crippen molar-refractivity contribution in [1.82, 2.24) is 29.9 Å². The summed E-state index contributed by atoms with van der Waals surface area (Å²) < 4.78 is 7.00. The number of hydrogen-bond acceptors (Lipinski definition) is 7. The zero-order chi connectivity index (χ0) is 22.1. The molecule has 0 unspecified atom stereocenters. The minimum absolute atomic E-state index is 0.0690. The Balaban J connectivity index is 1.38. The van der Waals surface area contributed by atoms with Crippen LogP contribution < -0.4 is 9.64 Å². The molecule has 0 bridgehead atoms. The Morgan fingerprint density at radius 2 is 1.81 bits per heavy atom. The Bertz CT molecular complexity index is 1280. The highest BCUT2D eigenvalue weighted by atomic mass is 16.5. The van der Waals surface area contributed by atoms with E-state index in [4.69, 9.17) is 4.74 Å². The third-order valence-electron chi connectivity index (χ3n) is 5.76. The van der Waals surface area contributed by atoms with E-state index in [-0.39, 0.29) is 5.91 Å². The van der Waals surface area contributed by atoms with E-state index in [9.17, 15) is 4.79 Å². The summed E-state index contributed by atoms with van der Waals surface area (Å²) >= 11 is 0. The van der Waals surface area contributed by atoms with Crippen LogP contribution in [0.1, 0.15) is 15.9 Å². The number of piperazine rings is 1. The zero-order valence-electron chi connectivity index (χ0n) is 18.0. The van der Waals surface area contributed by atoms with Gasteiger partial charge in [0.05, 0.1) is 12.8 Å². The van der Waals surface area contributed by atoms with E-state index in [1.54, 1.807) is 11.8 Å². The molecule has 1 amide bonds. The number of rotatable bonds is 4. The van der Waals surface area contributed by atoms with Gasteiger partial charge in [0.15, 0.2) is 17.0 Å². The van der Waals surface area contributed by atoms with E-state index in [0.29, 0.717) is 37.3 Å². The number of methoxy groups -OCH3 is 1. The fourth-order valence-electron chi connectivity index (χ4n) is 3.99. The number of fused-ring (bicyclic) bond motifs is 1. The van der Waals surface area contributed by atoms with Gasteiger partial charge in [-0.3, -0.25) is 4.79 Å². The largest absolute Gasteiger partial charge is 0.497 e. The number of aryl methyl sites for hydroxylation is 1. The summed E-state index contributed by atoms with van der Waals surface area (Å²) in [6.45, 7) is 4.52. The smallest absolute Gasteiger partial charge is 0.254 e. The van der Waals surface area contributed by atoms with Gasteiger partial charge in [0.1, 0.15) is 12.1 Å². The molecule has 0 spiro atoms. The molecule has 0 atom stereocenters. The van der Waals surface area contributed by atoms with Crippen molar-refractivity contribution in [2.45, 2.75) is 6.92 Å². The van der Waals surface area contributed by atoms with Crippen LogP contribution in [-0.4, -0.2) is 69.1 Å². The number of benzene rings is 2. The quantitative estimate of drug-likeness (QED) is 0.492. The summed E-state index contributed by atoms with van der Waals surface area (Å²) in [7, 11) is 1.63. The van der Waals surface area contributed by atoms with Crippen LogP contribution >= 0.6 is 0 Å². The Kier molecular flexibility index (Phi) is 5.14. The maximum Gasteiger partial charge on any atom is 0.254 e. The predicted molar refractivity (Wildman–Crippen MR) is 120 cm³/mol. The fraction of sp³-hybridized carbons (Fsp3) is 0.261. The molecule has 3 heterocycles. The van der Waals surface area contributed by atoms with Gasteiger partial charge in [-0.2, -0.15) is 4.68 Å². The highest BCUT2D eigenvalue weighted by molar-refractivity contribution is 5.95. The first-order chi connectivity index (χ1) is 15.7. The molecule has 2 aromatic heterocycles. The van der Waals surface area contributed by atoms with Gasteiger partial charge in [0.2, 0.25) is 0 Å². The van der Waals surface area contributed by atoms with Gasteiger partial charge in [-0.1, -0.05) is 29.5 Å². The molecule has 0 N–H and O–H groups in total. The molecule has 1 saturated heterocycles. The van der Waals surface area contributed by atoms with Gasteiger partial charge in [-0.05, 0) is 30.7 Å². The number of carbonyl (C=O) groups excluding carboxylic acids is 1. The standard InChI is InChI=1S/C23H23N7O2/c1-16-6-3-4-9-19(16)23(31)29-12-10-28(11-13-29)21-20-22(25-15-24-21)30(27-26-20)17-7-5-8-18(14-17)32-2/h3-9,14-15H,10-13H2,1-2H3. The molecule has 0 radical (unpaired) electrons. The number of ether oxygens (including phenoxy) is 1. The average molecular weight is 429 g/mol. The molecule has 2 aromatic carbocycles. The second-order valence-corrected chi connectivity index (χ2v) is 7.67. The van der Waals surface area contributed by atoms with Gasteiger partial charge < -0.3 is 14.5 Å². The lowest BCUT2D eigenvalue weighted by Gasteiger charge is -2.35. The Hall–Kier alpha value is -4.01. The second kappa shape index (κ2) is 8.26. The second-order valence-electron chi connectivity index (χ2n) is 7.67. The van der Waals surface area contributed by atoms with Gasteiger partial charge in [-0.15, -0.1) is 5.10 Å². The van der Waals surface area contributed by atoms with Crippen LogP contribution in [0, 0.1) is 6.92 Å². The number of carbonyl (C=O) groups is 1. The van der Waals surface area contributed by atoms with Crippen molar-refractivity contribution in [2.24, 2.45) is 0 Å². The normalized spacial score (nSPS) is 14.1. The summed E-state index contributed by atoms with van der Waals surface area (Å²) in [6.07, 6.45) is 1.53. The lowest BCUT2D eigenvalue weighted by atomic mass is 10.1. The fourth-order valence-corrected chi connectivity index (χ4v) is 3.99. The minimum atomic E-state index is 0.0690. The molecule has 0 saturated carbocycles. The monoisotopic (exact) mass is 429 g/mol. The van der Waals surface area contributed by atoms with Crippen molar-refractivity contribution in [3.63, 3.8) is 0 Å². The molecule has 9 heteroatoms. The van der Waals surface area contributed by atoms with Crippen molar-refractivity contribution < 1.29 is 9.53 Å². The van der Waals surface area contributed by atoms with Gasteiger partial charge >= 0.3 is 0 Å². The van der Waals surface area contributed by atoms with Gasteiger partial charge in [0, 0.05) is 37.8 Å². The predicted octanol–water partition coefficient (Wildman–Crippen LogP) is 2.49. The van der Waals surface area contributed by atoms with E-state index in [1.165, 1.54) is 6.33 Å². The summed E-state index contributed by atoms with van der Waals surface area (Å²) in [4.78, 5) is 25.9. The van der Waals surface area contributed by atoms with Gasteiger partial charge in [0.25, 0.3) is 5.91 Å². The topological polar surface area (TPSA) is 89.3 Å². The lowest BCUT2D eigenvalue weighted by molar-refractivity contribution is 0.0746. The summed E-state index contributed by atoms with van der Waals surface area (Å²) in [5.74, 6) is 1.53. The summed E-state index contributed by atoms with van der Waals surface area (Å²) in [6, 6.07) is 15.3. The van der Waals surface area contributed by atoms with Gasteiger partial charge in [-0.25, -0.2) is 9.97 Å². The van der Waals surface area contributed by atoms with E-state index >= 15 is 0 Å². The summed E-state index contributed by atoms with van der Waals surface area (Å²) in [5, 5.41) is 8.67. The van der Waals surface area contributed by atoms with Crippen LogP contribution in [0.25, 0.3) is 16.9 Å². The molecule has 5 rings (SSSR count). The number of hydrogen-bond donors (Lipinski definition) is 0. The molecular weight excluding hydrogens is 406 g/mol. The van der Waals surface area contributed by atoms with Crippen LogP contribution in [0.2, 0.25) is 0 Å². The lowest BCUT2D eigenvalue weighted by Crippen LogP contribution is -2.49. The van der Waals surface area contributed by atoms with Crippen LogP contribution in [0.5, 0.6) is 5.75 Å². The molecule has 162 valence electrons. The minimum Gasteiger partial charge on any atom is -0.497 e. The van der Waals surface area contributed by atoms with Crippen LogP contribution in [-0.2, 0) is 0 Å². The van der Waals surface area contributed by atoms with E-state index < -0.39 is 0 Å². The van der Waals surface area contributed by atoms with Crippen molar-refractivity contribution in [2.75, 3.05) is 38.2 Å². The maximum absolute atomic E-state index is 12.9. The Morgan fingerprint density at radius 1 is 1.00 bits per heavy atom. The van der Waals surface area contributed by atoms with Crippen molar-refractivity contribution in [3.05, 3.63) is 66.0 Å². The molecular formula is C23H23N7O2. The van der Waals surface area contributed by atoms with Crippen LogP contribution in [0.15, 0.2) is 54.9 Å². The molecule has 0 aliphatic carbocycles. The Labute approximate surface area is 185 Å². The molecule has 32 heavy (non-hydrogen) atoms. The van der Waals surface area contributed by atoms with Crippen molar-refractivity contribution in [1.29, 1.82) is 0 Å². The Morgan fingerprint density at radius 3 is 2.59 bits per heavy atom. The van der Waals surface area contributed by atoms with E-state index in [1.807, 2.05) is 60.4 Å². The number of nitrogens with zero attached hydrogens (tertiary/aromatic N) is 7. The van der Waals surface area contributed by atoms with Crippen LogP contribution in [0.4, 0.5) is 5.82 Å². The first-order valence-corrected chi connectivity index (χ1v) is 10.5. The van der Waals surface area contributed by atoms with Crippen molar-refractivity contribution >= 4 is 22.9 Å².